The van der Waals surface area contributed by atoms with Gasteiger partial charge in [-0.25, -0.2) is 4.79 Å². The maximum absolute atomic E-state index is 11.5. The van der Waals surface area contributed by atoms with Crippen LogP contribution in [0, 0.1) is 13.2 Å². The molecular formula is C10H13N2O5. The summed E-state index contributed by atoms with van der Waals surface area (Å²) in [6.45, 7) is 1.23. The van der Waals surface area contributed by atoms with Crippen LogP contribution in [0.25, 0.3) is 0 Å². The topological polar surface area (TPSA) is 105 Å². The maximum atomic E-state index is 11.5. The lowest BCUT2D eigenvalue weighted by atomic mass is 10.2. The molecule has 0 spiro atoms. The van der Waals surface area contributed by atoms with E-state index in [4.69, 9.17) is 9.84 Å². The Morgan fingerprint density at radius 2 is 2.29 bits per heavy atom. The van der Waals surface area contributed by atoms with E-state index in [0.717, 1.165) is 4.57 Å². The molecule has 0 bridgehead atoms. The fourth-order valence-electron chi connectivity index (χ4n) is 1.68. The molecule has 0 aromatic carbocycles. The van der Waals surface area contributed by atoms with Crippen molar-refractivity contribution in [2.24, 2.45) is 0 Å². The molecule has 2 rings (SSSR count). The summed E-state index contributed by atoms with van der Waals surface area (Å²) in [5, 5.41) is 18.5. The molecule has 0 aliphatic carbocycles. The van der Waals surface area contributed by atoms with Crippen molar-refractivity contribution in [2.75, 3.05) is 6.61 Å². The fraction of sp³-hybridized carbons (Fsp3) is 0.500. The molecule has 7 nitrogen and oxygen atoms in total. The molecule has 1 aromatic heterocycles. The van der Waals surface area contributed by atoms with Gasteiger partial charge in [0, 0.05) is 18.2 Å². The number of aromatic amines is 1. The second-order valence-corrected chi connectivity index (χ2v) is 3.95. The number of aliphatic hydroxyl groups excluding tert-OH is 2. The standard InChI is InChI=1S/C10H13N2O5/c1-5-3-12(10(16)11-9(5)15)8-2-6(14)7(4-13)17-8/h3,6-7,13-14H,2,4H2,1H3,(H,11,15,16)/t6-,7+/m0/s1. The monoisotopic (exact) mass is 241 g/mol. The highest BCUT2D eigenvalue weighted by molar-refractivity contribution is 5.06. The minimum atomic E-state index is -0.853. The van der Waals surface area contributed by atoms with E-state index in [2.05, 4.69) is 4.98 Å². The minimum Gasteiger partial charge on any atom is -0.394 e. The Bertz CT molecular complexity index is 520. The van der Waals surface area contributed by atoms with Crippen molar-refractivity contribution < 1.29 is 14.9 Å². The van der Waals surface area contributed by atoms with E-state index in [0.29, 0.717) is 5.56 Å². The number of H-pyrrole nitrogens is 1. The zero-order valence-electron chi connectivity index (χ0n) is 9.21. The van der Waals surface area contributed by atoms with Gasteiger partial charge in [0.15, 0.2) is 0 Å². The van der Waals surface area contributed by atoms with Gasteiger partial charge in [-0.2, -0.15) is 0 Å². The van der Waals surface area contributed by atoms with Crippen LogP contribution in [-0.2, 0) is 4.74 Å². The maximum Gasteiger partial charge on any atom is 0.330 e. The first kappa shape index (κ1) is 12.0. The Morgan fingerprint density at radius 1 is 1.59 bits per heavy atom. The molecule has 1 radical (unpaired) electrons. The van der Waals surface area contributed by atoms with Crippen LogP contribution in [-0.4, -0.2) is 38.6 Å². The van der Waals surface area contributed by atoms with Gasteiger partial charge in [-0.3, -0.25) is 14.3 Å². The Morgan fingerprint density at radius 3 is 2.88 bits per heavy atom. The zero-order chi connectivity index (χ0) is 12.6. The highest BCUT2D eigenvalue weighted by Crippen LogP contribution is 2.26. The number of ether oxygens (including phenoxy) is 1. The molecule has 0 saturated carbocycles. The Labute approximate surface area is 96.3 Å². The largest absolute Gasteiger partial charge is 0.394 e. The van der Waals surface area contributed by atoms with Crippen LogP contribution >= 0.6 is 0 Å². The number of rotatable bonds is 2. The molecule has 0 unspecified atom stereocenters. The van der Waals surface area contributed by atoms with Crippen molar-refractivity contribution in [1.82, 2.24) is 9.55 Å². The first-order chi connectivity index (χ1) is 8.02. The van der Waals surface area contributed by atoms with Gasteiger partial charge < -0.3 is 14.9 Å². The molecule has 1 aliphatic heterocycles. The number of hydrogen-bond donors (Lipinski definition) is 3. The number of nitrogens with zero attached hydrogens (tertiary/aromatic N) is 1. The van der Waals surface area contributed by atoms with Crippen LogP contribution < -0.4 is 11.2 Å². The summed E-state index contributed by atoms with van der Waals surface area (Å²) in [4.78, 5) is 24.9. The zero-order valence-corrected chi connectivity index (χ0v) is 9.21. The summed E-state index contributed by atoms with van der Waals surface area (Å²) in [5.74, 6) is 0. The van der Waals surface area contributed by atoms with E-state index < -0.39 is 23.5 Å². The summed E-state index contributed by atoms with van der Waals surface area (Å²) >= 11 is 0. The van der Waals surface area contributed by atoms with Crippen molar-refractivity contribution in [3.8, 4) is 0 Å². The van der Waals surface area contributed by atoms with Crippen LogP contribution in [0.3, 0.4) is 0 Å². The molecule has 0 amide bonds. The van der Waals surface area contributed by atoms with Gasteiger partial charge in [0.25, 0.3) is 5.56 Å². The number of aliphatic hydroxyl groups is 2. The fourth-order valence-corrected chi connectivity index (χ4v) is 1.68. The second-order valence-electron chi connectivity index (χ2n) is 3.95. The smallest absolute Gasteiger partial charge is 0.330 e. The third-order valence-corrected chi connectivity index (χ3v) is 2.67. The van der Waals surface area contributed by atoms with Crippen LogP contribution in [0.15, 0.2) is 15.8 Å². The van der Waals surface area contributed by atoms with Crippen LogP contribution in [0.1, 0.15) is 12.0 Å². The number of aromatic nitrogens is 2. The summed E-state index contributed by atoms with van der Waals surface area (Å²) in [7, 11) is 0. The summed E-state index contributed by atoms with van der Waals surface area (Å²) in [5.41, 5.74) is -0.715. The molecule has 2 atom stereocenters. The molecule has 93 valence electrons. The van der Waals surface area contributed by atoms with Crippen molar-refractivity contribution in [3.63, 3.8) is 0 Å². The Hall–Kier alpha value is -1.44. The van der Waals surface area contributed by atoms with Crippen molar-refractivity contribution in [3.05, 3.63) is 38.8 Å². The lowest BCUT2D eigenvalue weighted by molar-refractivity contribution is 0.000712. The molecule has 1 aliphatic rings. The third-order valence-electron chi connectivity index (χ3n) is 2.67. The lowest BCUT2D eigenvalue weighted by Gasteiger charge is -2.12. The first-order valence-corrected chi connectivity index (χ1v) is 5.17. The highest BCUT2D eigenvalue weighted by atomic mass is 16.5. The van der Waals surface area contributed by atoms with Crippen LogP contribution in [0.2, 0.25) is 0 Å². The highest BCUT2D eigenvalue weighted by Gasteiger charge is 2.36. The van der Waals surface area contributed by atoms with Crippen LogP contribution in [0.4, 0.5) is 0 Å². The predicted octanol–water partition coefficient (Wildman–Crippen LogP) is -1.68. The average Bonchev–Trinajstić information content (AvgIpc) is 2.65. The van der Waals surface area contributed by atoms with Gasteiger partial charge in [0.05, 0.1) is 12.7 Å². The molecule has 1 fully saturated rings. The summed E-state index contributed by atoms with van der Waals surface area (Å²) in [6.07, 6.45) is 0.110. The molecule has 3 N–H and O–H groups in total. The van der Waals surface area contributed by atoms with Gasteiger partial charge in [-0.05, 0) is 6.92 Å². The Kier molecular flexibility index (Phi) is 3.14. The van der Waals surface area contributed by atoms with E-state index in [9.17, 15) is 14.7 Å². The first-order valence-electron chi connectivity index (χ1n) is 5.17. The van der Waals surface area contributed by atoms with Gasteiger partial charge in [0.2, 0.25) is 6.23 Å². The number of aryl methyl sites for hydroxylation is 1. The number of nitrogens with one attached hydrogen (secondary N) is 1. The third kappa shape index (κ3) is 2.17. The lowest BCUT2D eigenvalue weighted by Crippen LogP contribution is -2.33. The van der Waals surface area contributed by atoms with E-state index in [1.807, 2.05) is 0 Å². The van der Waals surface area contributed by atoms with Crippen molar-refractivity contribution in [1.29, 1.82) is 0 Å². The predicted molar refractivity (Wildman–Crippen MR) is 57.3 cm³/mol. The molecule has 2 heterocycles. The van der Waals surface area contributed by atoms with Gasteiger partial charge >= 0.3 is 5.69 Å². The van der Waals surface area contributed by atoms with E-state index in [1.165, 1.54) is 6.20 Å². The van der Waals surface area contributed by atoms with E-state index in [1.54, 1.807) is 6.92 Å². The van der Waals surface area contributed by atoms with Gasteiger partial charge in [-0.1, -0.05) is 0 Å². The summed E-state index contributed by atoms with van der Waals surface area (Å²) in [6, 6.07) is 0. The molecule has 17 heavy (non-hydrogen) atoms. The Balaban J connectivity index is 2.34. The molecule has 1 aromatic rings. The van der Waals surface area contributed by atoms with Crippen molar-refractivity contribution in [2.45, 2.75) is 25.6 Å². The molecular weight excluding hydrogens is 228 g/mol. The van der Waals surface area contributed by atoms with Crippen LogP contribution in [0.5, 0.6) is 0 Å². The molecule has 1 saturated heterocycles. The summed E-state index contributed by atoms with van der Waals surface area (Å²) < 4.78 is 6.38. The van der Waals surface area contributed by atoms with Gasteiger partial charge in [-0.15, -0.1) is 0 Å². The number of hydrogen-bond acceptors (Lipinski definition) is 5. The minimum absolute atomic E-state index is 0.122. The second kappa shape index (κ2) is 4.44. The normalized spacial score (nSPS) is 25.4. The van der Waals surface area contributed by atoms with Crippen molar-refractivity contribution >= 4 is 0 Å². The SMILES string of the molecule is Cc1cn([C]2C[C@H](O)[C@@H](CO)O2)c(=O)[nH]c1=O. The van der Waals surface area contributed by atoms with E-state index in [-0.39, 0.29) is 19.3 Å². The molecule has 7 heteroatoms. The van der Waals surface area contributed by atoms with Gasteiger partial charge in [0.1, 0.15) is 6.10 Å². The average molecular weight is 241 g/mol. The van der Waals surface area contributed by atoms with E-state index >= 15 is 0 Å². The quantitative estimate of drug-likeness (QED) is 0.574.